The van der Waals surface area contributed by atoms with E-state index in [1.165, 1.54) is 25.7 Å². The van der Waals surface area contributed by atoms with Crippen molar-refractivity contribution in [3.8, 4) is 0 Å². The summed E-state index contributed by atoms with van der Waals surface area (Å²) in [6, 6.07) is 0. The maximum atomic E-state index is 11.5. The minimum atomic E-state index is -0.407. The predicted molar refractivity (Wildman–Crippen MR) is 67.4 cm³/mol. The molecule has 1 fully saturated rings. The molecule has 4 nitrogen and oxygen atoms in total. The third kappa shape index (κ3) is 5.91. The molecule has 0 heterocycles. The second-order valence-electron chi connectivity index (χ2n) is 6.06. The van der Waals surface area contributed by atoms with Crippen LogP contribution in [0.2, 0.25) is 0 Å². The van der Waals surface area contributed by atoms with E-state index in [1.807, 2.05) is 20.8 Å². The third-order valence-electron chi connectivity index (χ3n) is 3.31. The molecule has 0 spiro atoms. The van der Waals surface area contributed by atoms with Crippen LogP contribution in [0.4, 0.5) is 4.79 Å². The van der Waals surface area contributed by atoms with Gasteiger partial charge in [-0.3, -0.25) is 0 Å². The lowest BCUT2D eigenvalue weighted by molar-refractivity contribution is -0.380. The monoisotopic (exact) mass is 243 g/mol. The van der Waals surface area contributed by atoms with Crippen molar-refractivity contribution in [1.29, 1.82) is 0 Å². The summed E-state index contributed by atoms with van der Waals surface area (Å²) in [6.45, 7) is 7.44. The fourth-order valence-corrected chi connectivity index (χ4v) is 2.27. The van der Waals surface area contributed by atoms with Gasteiger partial charge >= 0.3 is 6.09 Å². The highest BCUT2D eigenvalue weighted by Crippen LogP contribution is 2.27. The Morgan fingerprint density at radius 1 is 1.24 bits per heavy atom. The van der Waals surface area contributed by atoms with E-state index in [0.29, 0.717) is 5.92 Å². The van der Waals surface area contributed by atoms with Crippen LogP contribution in [0.5, 0.6) is 0 Å². The van der Waals surface area contributed by atoms with Gasteiger partial charge in [0.2, 0.25) is 0 Å². The third-order valence-corrected chi connectivity index (χ3v) is 3.31. The molecule has 0 atom stereocenters. The molecule has 1 aliphatic carbocycles. The first-order valence-corrected chi connectivity index (χ1v) is 6.67. The van der Waals surface area contributed by atoms with Crippen molar-refractivity contribution >= 4 is 6.09 Å². The van der Waals surface area contributed by atoms with Crippen LogP contribution >= 0.6 is 0 Å². The molecule has 0 saturated heterocycles. The first kappa shape index (κ1) is 14.3. The molecule has 4 heteroatoms. The molecule has 17 heavy (non-hydrogen) atoms. The number of hydrogen-bond acceptors (Lipinski definition) is 2. The maximum absolute atomic E-state index is 11.5. The number of nitrogens with one attached hydrogen (secondary N) is 1. The molecule has 1 amide bonds. The Morgan fingerprint density at radius 3 is 2.24 bits per heavy atom. The van der Waals surface area contributed by atoms with Crippen molar-refractivity contribution in [2.45, 2.75) is 52.1 Å². The van der Waals surface area contributed by atoms with Crippen LogP contribution in [0, 0.1) is 11.8 Å². The van der Waals surface area contributed by atoms with E-state index in [9.17, 15) is 4.79 Å². The summed E-state index contributed by atoms with van der Waals surface area (Å²) in [5.41, 5.74) is 3.55. The second kappa shape index (κ2) is 6.24. The molecular weight excluding hydrogens is 216 g/mol. The molecule has 0 aromatic carbocycles. The van der Waals surface area contributed by atoms with E-state index in [0.717, 1.165) is 19.0 Å². The Balaban J connectivity index is 2.17. The molecule has 0 aliphatic heterocycles. The van der Waals surface area contributed by atoms with E-state index >= 15 is 0 Å². The lowest BCUT2D eigenvalue weighted by atomic mass is 9.82. The van der Waals surface area contributed by atoms with Crippen LogP contribution in [0.3, 0.4) is 0 Å². The average molecular weight is 243 g/mol. The van der Waals surface area contributed by atoms with Gasteiger partial charge in [-0.2, -0.15) is 0 Å². The van der Waals surface area contributed by atoms with Gasteiger partial charge in [0.1, 0.15) is 5.60 Å². The summed E-state index contributed by atoms with van der Waals surface area (Å²) in [5.74, 6) is 1.41. The smallest absolute Gasteiger partial charge is 0.407 e. The van der Waals surface area contributed by atoms with Crippen molar-refractivity contribution in [2.24, 2.45) is 11.8 Å². The van der Waals surface area contributed by atoms with Gasteiger partial charge in [-0.25, -0.2) is 4.79 Å². The first-order valence-electron chi connectivity index (χ1n) is 6.67. The Kier molecular flexibility index (Phi) is 5.25. The number of amides is 1. The molecule has 0 aromatic heterocycles. The molecule has 100 valence electrons. The number of alkyl carbamates (subject to hydrolysis) is 1. The topological polar surface area (TPSA) is 66.0 Å². The van der Waals surface area contributed by atoms with Gasteiger partial charge in [0, 0.05) is 12.5 Å². The van der Waals surface area contributed by atoms with Crippen LogP contribution in [0.15, 0.2) is 0 Å². The molecule has 4 N–H and O–H groups in total. The molecule has 0 unspecified atom stereocenters. The molecule has 0 radical (unpaired) electrons. The van der Waals surface area contributed by atoms with Crippen molar-refractivity contribution in [3.05, 3.63) is 0 Å². The Bertz CT molecular complexity index is 240. The van der Waals surface area contributed by atoms with Crippen molar-refractivity contribution in [1.82, 2.24) is 5.32 Å². The minimum absolute atomic E-state index is 0.295. The molecular formula is C13H27N2O2+. The lowest BCUT2D eigenvalue weighted by Crippen LogP contribution is -2.54. The van der Waals surface area contributed by atoms with Gasteiger partial charge in [-0.1, -0.05) is 0 Å². The maximum Gasteiger partial charge on any atom is 0.407 e. The minimum Gasteiger partial charge on any atom is -0.444 e. The van der Waals surface area contributed by atoms with E-state index < -0.39 is 5.60 Å². The second-order valence-corrected chi connectivity index (χ2v) is 6.06. The average Bonchev–Trinajstić information content (AvgIpc) is 2.25. The van der Waals surface area contributed by atoms with Gasteiger partial charge in [-0.15, -0.1) is 0 Å². The highest BCUT2D eigenvalue weighted by molar-refractivity contribution is 5.67. The lowest BCUT2D eigenvalue weighted by Gasteiger charge is -2.27. The molecule has 1 aliphatic rings. The Hall–Kier alpha value is -0.770. The summed E-state index contributed by atoms with van der Waals surface area (Å²) < 4.78 is 5.21. The first-order chi connectivity index (χ1) is 7.90. The van der Waals surface area contributed by atoms with Crippen LogP contribution in [-0.4, -0.2) is 24.8 Å². The number of carbonyl (C=O) groups is 1. The SMILES string of the molecule is CC(C)(C)OC(=O)NCC1CCC(C[NH3+])CC1. The summed E-state index contributed by atoms with van der Waals surface area (Å²) in [5, 5.41) is 2.86. The largest absolute Gasteiger partial charge is 0.444 e. The molecule has 1 rings (SSSR count). The van der Waals surface area contributed by atoms with E-state index in [-0.39, 0.29) is 6.09 Å². The van der Waals surface area contributed by atoms with Gasteiger partial charge in [0.15, 0.2) is 0 Å². The van der Waals surface area contributed by atoms with E-state index in [4.69, 9.17) is 4.74 Å². The van der Waals surface area contributed by atoms with Crippen LogP contribution < -0.4 is 11.1 Å². The van der Waals surface area contributed by atoms with Crippen molar-refractivity contribution < 1.29 is 15.3 Å². The van der Waals surface area contributed by atoms with Crippen molar-refractivity contribution in [2.75, 3.05) is 13.1 Å². The van der Waals surface area contributed by atoms with E-state index in [1.54, 1.807) is 0 Å². The van der Waals surface area contributed by atoms with Crippen LogP contribution in [0.25, 0.3) is 0 Å². The van der Waals surface area contributed by atoms with Crippen LogP contribution in [0.1, 0.15) is 46.5 Å². The summed E-state index contributed by atoms with van der Waals surface area (Å²) in [6.07, 6.45) is 4.62. The zero-order chi connectivity index (χ0) is 12.9. The number of hydrogen-bond donors (Lipinski definition) is 2. The zero-order valence-electron chi connectivity index (χ0n) is 11.4. The Morgan fingerprint density at radius 2 is 1.76 bits per heavy atom. The van der Waals surface area contributed by atoms with E-state index in [2.05, 4.69) is 11.1 Å². The number of rotatable bonds is 3. The predicted octanol–water partition coefficient (Wildman–Crippen LogP) is 1.56. The number of carbonyl (C=O) groups excluding carboxylic acids is 1. The van der Waals surface area contributed by atoms with Gasteiger partial charge in [-0.05, 0) is 52.4 Å². The molecule has 0 bridgehead atoms. The van der Waals surface area contributed by atoms with Crippen LogP contribution in [-0.2, 0) is 4.74 Å². The highest BCUT2D eigenvalue weighted by Gasteiger charge is 2.22. The standard InChI is InChI=1S/C13H26N2O2/c1-13(2,3)17-12(16)15-9-11-6-4-10(8-14)5-7-11/h10-11H,4-9,14H2,1-3H3,(H,15,16)/p+1. The quantitative estimate of drug-likeness (QED) is 0.790. The Labute approximate surface area is 104 Å². The summed E-state index contributed by atoms with van der Waals surface area (Å²) in [4.78, 5) is 11.5. The highest BCUT2D eigenvalue weighted by atomic mass is 16.6. The zero-order valence-corrected chi connectivity index (χ0v) is 11.4. The number of ether oxygens (including phenoxy) is 1. The fourth-order valence-electron chi connectivity index (χ4n) is 2.27. The molecule has 1 saturated carbocycles. The summed E-state index contributed by atoms with van der Waals surface area (Å²) >= 11 is 0. The van der Waals surface area contributed by atoms with Gasteiger partial charge in [0.05, 0.1) is 6.54 Å². The van der Waals surface area contributed by atoms with Gasteiger partial charge < -0.3 is 15.8 Å². The normalized spacial score (nSPS) is 25.4. The summed E-state index contributed by atoms with van der Waals surface area (Å²) in [7, 11) is 0. The number of quaternary nitrogens is 1. The fraction of sp³-hybridized carbons (Fsp3) is 0.923. The molecule has 0 aromatic rings. The van der Waals surface area contributed by atoms with Crippen molar-refractivity contribution in [3.63, 3.8) is 0 Å². The van der Waals surface area contributed by atoms with Gasteiger partial charge in [0.25, 0.3) is 0 Å².